The maximum atomic E-state index is 12.8. The molecule has 0 fully saturated rings. The predicted octanol–water partition coefficient (Wildman–Crippen LogP) is 4.75. The highest BCUT2D eigenvalue weighted by atomic mass is 32.1. The zero-order valence-corrected chi connectivity index (χ0v) is 17.7. The van der Waals surface area contributed by atoms with E-state index < -0.39 is 0 Å². The van der Waals surface area contributed by atoms with Crippen LogP contribution < -0.4 is 5.32 Å². The Morgan fingerprint density at radius 2 is 1.83 bits per heavy atom. The van der Waals surface area contributed by atoms with Crippen LogP contribution in [0, 0.1) is 6.92 Å². The van der Waals surface area contributed by atoms with E-state index in [0.717, 1.165) is 40.3 Å². The monoisotopic (exact) mass is 404 g/mol. The Morgan fingerprint density at radius 3 is 2.52 bits per heavy atom. The van der Waals surface area contributed by atoms with E-state index in [-0.39, 0.29) is 5.91 Å². The lowest BCUT2D eigenvalue weighted by atomic mass is 10.1. The summed E-state index contributed by atoms with van der Waals surface area (Å²) in [5.74, 6) is -0.0914. The molecule has 0 aliphatic carbocycles. The first-order valence-electron chi connectivity index (χ1n) is 9.61. The fraction of sp³-hybridized carbons (Fsp3) is 0.217. The van der Waals surface area contributed by atoms with Gasteiger partial charge in [-0.05, 0) is 63.3 Å². The Bertz CT molecular complexity index is 1130. The van der Waals surface area contributed by atoms with Crippen LogP contribution in [0.1, 0.15) is 20.9 Å². The van der Waals surface area contributed by atoms with Crippen LogP contribution in [0.5, 0.6) is 0 Å². The fourth-order valence-electron chi connectivity index (χ4n) is 3.20. The zero-order valence-electron chi connectivity index (χ0n) is 16.8. The van der Waals surface area contributed by atoms with Crippen LogP contribution in [-0.4, -0.2) is 41.2 Å². The van der Waals surface area contributed by atoms with Crippen molar-refractivity contribution in [2.75, 3.05) is 26.0 Å². The van der Waals surface area contributed by atoms with Crippen molar-refractivity contribution in [1.29, 1.82) is 0 Å². The van der Waals surface area contributed by atoms with E-state index >= 15 is 0 Å². The van der Waals surface area contributed by atoms with Gasteiger partial charge in [0.2, 0.25) is 0 Å². The SMILES string of the molecule is Cc1nn(-c2ccccc2)c2sc(C(=O)Nc3ccc(CCN(C)C)cc3)cc12. The molecule has 4 rings (SSSR count). The van der Waals surface area contributed by atoms with Crippen molar-refractivity contribution < 1.29 is 4.79 Å². The summed E-state index contributed by atoms with van der Waals surface area (Å²) in [5, 5.41) is 8.66. The number of para-hydroxylation sites is 1. The second-order valence-corrected chi connectivity index (χ2v) is 8.40. The van der Waals surface area contributed by atoms with Crippen molar-refractivity contribution >= 4 is 33.1 Å². The quantitative estimate of drug-likeness (QED) is 0.504. The minimum Gasteiger partial charge on any atom is -0.321 e. The number of fused-ring (bicyclic) bond motifs is 1. The molecule has 0 saturated carbocycles. The van der Waals surface area contributed by atoms with Crippen molar-refractivity contribution in [3.63, 3.8) is 0 Å². The van der Waals surface area contributed by atoms with E-state index in [1.807, 2.05) is 60.1 Å². The molecule has 0 unspecified atom stereocenters. The molecule has 0 radical (unpaired) electrons. The van der Waals surface area contributed by atoms with Gasteiger partial charge in [-0.25, -0.2) is 4.68 Å². The van der Waals surface area contributed by atoms with Crippen LogP contribution in [0.15, 0.2) is 60.7 Å². The molecule has 0 aliphatic heterocycles. The van der Waals surface area contributed by atoms with E-state index in [2.05, 4.69) is 41.5 Å². The van der Waals surface area contributed by atoms with Crippen molar-refractivity contribution in [3.05, 3.63) is 76.8 Å². The Kier molecular flexibility index (Phi) is 5.47. The van der Waals surface area contributed by atoms with Gasteiger partial charge in [0.05, 0.1) is 16.3 Å². The Balaban J connectivity index is 1.53. The number of likely N-dealkylation sites (N-methyl/N-ethyl adjacent to an activating group) is 1. The number of benzene rings is 2. The Hall–Kier alpha value is -2.96. The van der Waals surface area contributed by atoms with Gasteiger partial charge in [-0.15, -0.1) is 11.3 Å². The Labute approximate surface area is 174 Å². The van der Waals surface area contributed by atoms with Gasteiger partial charge in [-0.3, -0.25) is 4.79 Å². The van der Waals surface area contributed by atoms with Crippen LogP contribution >= 0.6 is 11.3 Å². The lowest BCUT2D eigenvalue weighted by molar-refractivity contribution is 0.103. The summed E-state index contributed by atoms with van der Waals surface area (Å²) >= 11 is 1.46. The van der Waals surface area contributed by atoms with Gasteiger partial charge in [0, 0.05) is 17.6 Å². The van der Waals surface area contributed by atoms with E-state index in [1.165, 1.54) is 16.9 Å². The van der Waals surface area contributed by atoms with Crippen LogP contribution in [0.25, 0.3) is 15.9 Å². The molecule has 4 aromatic rings. The summed E-state index contributed by atoms with van der Waals surface area (Å²) in [6.45, 7) is 2.98. The molecular formula is C23H24N4OS. The first-order chi connectivity index (χ1) is 14.0. The van der Waals surface area contributed by atoms with Gasteiger partial charge in [0.1, 0.15) is 4.83 Å². The van der Waals surface area contributed by atoms with Crippen LogP contribution in [-0.2, 0) is 6.42 Å². The van der Waals surface area contributed by atoms with E-state index in [1.54, 1.807) is 0 Å². The highest BCUT2D eigenvalue weighted by molar-refractivity contribution is 7.20. The first-order valence-corrected chi connectivity index (χ1v) is 10.4. The highest BCUT2D eigenvalue weighted by Crippen LogP contribution is 2.30. The van der Waals surface area contributed by atoms with Gasteiger partial charge in [0.15, 0.2) is 0 Å². The molecule has 2 aromatic carbocycles. The van der Waals surface area contributed by atoms with Gasteiger partial charge in [-0.1, -0.05) is 30.3 Å². The van der Waals surface area contributed by atoms with Crippen molar-refractivity contribution in [2.24, 2.45) is 0 Å². The minimum absolute atomic E-state index is 0.0914. The Morgan fingerprint density at radius 1 is 1.10 bits per heavy atom. The normalized spacial score (nSPS) is 11.3. The average molecular weight is 405 g/mol. The molecule has 0 spiro atoms. The number of carbonyl (C=O) groups excluding carboxylic acids is 1. The van der Waals surface area contributed by atoms with Gasteiger partial charge >= 0.3 is 0 Å². The predicted molar refractivity (Wildman–Crippen MR) is 120 cm³/mol. The molecule has 0 bridgehead atoms. The summed E-state index contributed by atoms with van der Waals surface area (Å²) in [4.78, 5) is 16.6. The van der Waals surface area contributed by atoms with Gasteiger partial charge < -0.3 is 10.2 Å². The first kappa shape index (κ1) is 19.4. The molecule has 0 aliphatic rings. The lowest BCUT2D eigenvalue weighted by Gasteiger charge is -2.10. The third-order valence-corrected chi connectivity index (χ3v) is 5.94. The molecule has 6 heteroatoms. The van der Waals surface area contributed by atoms with E-state index in [9.17, 15) is 4.79 Å². The van der Waals surface area contributed by atoms with E-state index in [4.69, 9.17) is 0 Å². The summed E-state index contributed by atoms with van der Waals surface area (Å²) in [7, 11) is 4.14. The third kappa shape index (κ3) is 4.23. The second-order valence-electron chi connectivity index (χ2n) is 7.37. The molecule has 0 saturated heterocycles. The van der Waals surface area contributed by atoms with Crippen LogP contribution in [0.2, 0.25) is 0 Å². The number of carbonyl (C=O) groups is 1. The number of aryl methyl sites for hydroxylation is 1. The summed E-state index contributed by atoms with van der Waals surface area (Å²) in [5.41, 5.74) is 3.98. The molecule has 5 nitrogen and oxygen atoms in total. The number of nitrogens with one attached hydrogen (secondary N) is 1. The number of anilines is 1. The molecule has 29 heavy (non-hydrogen) atoms. The molecule has 2 aromatic heterocycles. The number of amides is 1. The fourth-order valence-corrected chi connectivity index (χ4v) is 4.28. The molecule has 148 valence electrons. The van der Waals surface area contributed by atoms with Crippen LogP contribution in [0.4, 0.5) is 5.69 Å². The van der Waals surface area contributed by atoms with Gasteiger partial charge in [-0.2, -0.15) is 5.10 Å². The molecular weight excluding hydrogens is 380 g/mol. The average Bonchev–Trinajstić information content (AvgIpc) is 3.29. The summed E-state index contributed by atoms with van der Waals surface area (Å²) < 4.78 is 1.91. The van der Waals surface area contributed by atoms with E-state index in [0.29, 0.717) is 4.88 Å². The highest BCUT2D eigenvalue weighted by Gasteiger charge is 2.17. The van der Waals surface area contributed by atoms with Gasteiger partial charge in [0.25, 0.3) is 5.91 Å². The maximum absolute atomic E-state index is 12.8. The molecule has 1 amide bonds. The van der Waals surface area contributed by atoms with Crippen molar-refractivity contribution in [1.82, 2.24) is 14.7 Å². The standard InChI is InChI=1S/C23H24N4OS/c1-16-20-15-21(29-23(20)27(25-16)19-7-5-4-6-8-19)22(28)24-18-11-9-17(10-12-18)13-14-26(2)3/h4-12,15H,13-14H2,1-3H3,(H,24,28). The number of nitrogens with zero attached hydrogens (tertiary/aromatic N) is 3. The summed E-state index contributed by atoms with van der Waals surface area (Å²) in [6, 6.07) is 20.0. The number of aromatic nitrogens is 2. The molecule has 2 heterocycles. The minimum atomic E-state index is -0.0914. The number of thiophene rings is 1. The molecule has 0 atom stereocenters. The number of hydrogen-bond donors (Lipinski definition) is 1. The zero-order chi connectivity index (χ0) is 20.4. The molecule has 1 N–H and O–H groups in total. The topological polar surface area (TPSA) is 50.2 Å². The number of hydrogen-bond acceptors (Lipinski definition) is 4. The lowest BCUT2D eigenvalue weighted by Crippen LogP contribution is -2.15. The van der Waals surface area contributed by atoms with Crippen molar-refractivity contribution in [3.8, 4) is 5.69 Å². The van der Waals surface area contributed by atoms with Crippen molar-refractivity contribution in [2.45, 2.75) is 13.3 Å². The smallest absolute Gasteiger partial charge is 0.265 e. The van der Waals surface area contributed by atoms with Crippen LogP contribution in [0.3, 0.4) is 0 Å². The summed E-state index contributed by atoms with van der Waals surface area (Å²) in [6.07, 6.45) is 0.993. The third-order valence-electron chi connectivity index (χ3n) is 4.83. The maximum Gasteiger partial charge on any atom is 0.265 e. The number of rotatable bonds is 6. The second kappa shape index (κ2) is 8.19. The largest absolute Gasteiger partial charge is 0.321 e.